The SMILES string of the molecule is C=CC(=O)N1CCN(c2nc(=O)n(-c3c(C)cccc3C(C)C)c3nc(Oc4ccccc4F)c(F)cc23)[C@@H](C)C1. The maximum Gasteiger partial charge on any atom is 0.355 e. The molecule has 1 fully saturated rings. The second-order valence-electron chi connectivity index (χ2n) is 10.4. The van der Waals surface area contributed by atoms with E-state index in [0.29, 0.717) is 25.3 Å². The van der Waals surface area contributed by atoms with Crippen LogP contribution in [0.25, 0.3) is 16.7 Å². The van der Waals surface area contributed by atoms with Crippen LogP contribution in [0.4, 0.5) is 14.6 Å². The zero-order valence-corrected chi connectivity index (χ0v) is 23.4. The van der Waals surface area contributed by atoms with E-state index in [9.17, 15) is 14.0 Å². The number of aromatic nitrogens is 3. The standard InChI is InChI=1S/C31H31F2N5O3/c1-6-26(39)36-14-15-37(20(5)17-36)28-22-16-24(33)30(41-25-13-8-7-12-23(25)32)34-29(22)38(31(40)35-28)27-19(4)10-9-11-21(27)18(2)3/h6-13,16,18,20H,1,14-15,17H2,2-5H3/t20-/m0/s1. The normalized spacial score (nSPS) is 15.4. The van der Waals surface area contributed by atoms with Crippen LogP contribution in [0, 0.1) is 18.6 Å². The quantitative estimate of drug-likeness (QED) is 0.290. The van der Waals surface area contributed by atoms with E-state index in [4.69, 9.17) is 4.74 Å². The van der Waals surface area contributed by atoms with Gasteiger partial charge < -0.3 is 14.5 Å². The molecule has 2 aromatic heterocycles. The topological polar surface area (TPSA) is 80.6 Å². The zero-order chi connectivity index (χ0) is 29.4. The van der Waals surface area contributed by atoms with Crippen LogP contribution in [0.5, 0.6) is 11.6 Å². The molecule has 0 N–H and O–H groups in total. The number of ether oxygens (including phenoxy) is 1. The van der Waals surface area contributed by atoms with Crippen LogP contribution in [0.2, 0.25) is 0 Å². The Labute approximate surface area is 236 Å². The van der Waals surface area contributed by atoms with Crippen molar-refractivity contribution in [2.45, 2.75) is 39.7 Å². The molecule has 5 rings (SSSR count). The van der Waals surface area contributed by atoms with Crippen molar-refractivity contribution < 1.29 is 18.3 Å². The lowest BCUT2D eigenvalue weighted by molar-refractivity contribution is -0.126. The van der Waals surface area contributed by atoms with Gasteiger partial charge in [-0.15, -0.1) is 0 Å². The summed E-state index contributed by atoms with van der Waals surface area (Å²) >= 11 is 0. The zero-order valence-electron chi connectivity index (χ0n) is 23.4. The minimum Gasteiger partial charge on any atom is -0.433 e. The number of piperazine rings is 1. The van der Waals surface area contributed by atoms with Crippen LogP contribution in [0.15, 0.2) is 66.0 Å². The summed E-state index contributed by atoms with van der Waals surface area (Å²) in [6, 6.07) is 12.3. The number of carbonyl (C=O) groups is 1. The number of rotatable bonds is 6. The molecule has 1 saturated heterocycles. The molecule has 0 aliphatic carbocycles. The fourth-order valence-corrected chi connectivity index (χ4v) is 5.27. The van der Waals surface area contributed by atoms with E-state index in [2.05, 4.69) is 16.5 Å². The molecule has 3 heterocycles. The number of anilines is 1. The first-order chi connectivity index (χ1) is 19.6. The molecule has 4 aromatic rings. The van der Waals surface area contributed by atoms with E-state index in [1.54, 1.807) is 11.0 Å². The van der Waals surface area contributed by atoms with Gasteiger partial charge in [-0.05, 0) is 55.2 Å². The van der Waals surface area contributed by atoms with E-state index in [1.807, 2.05) is 50.8 Å². The van der Waals surface area contributed by atoms with Crippen molar-refractivity contribution in [3.63, 3.8) is 0 Å². The van der Waals surface area contributed by atoms with Crippen LogP contribution < -0.4 is 15.3 Å². The van der Waals surface area contributed by atoms with Crippen molar-refractivity contribution in [2.75, 3.05) is 24.5 Å². The van der Waals surface area contributed by atoms with Crippen LogP contribution in [-0.4, -0.2) is 51.0 Å². The summed E-state index contributed by atoms with van der Waals surface area (Å²) in [5, 5.41) is 0.288. The maximum absolute atomic E-state index is 15.6. The number of hydrogen-bond acceptors (Lipinski definition) is 6. The smallest absolute Gasteiger partial charge is 0.355 e. The number of fused-ring (bicyclic) bond motifs is 1. The summed E-state index contributed by atoms with van der Waals surface area (Å²) in [5.41, 5.74) is 1.82. The molecule has 0 radical (unpaired) electrons. The Hall–Kier alpha value is -4.60. The lowest BCUT2D eigenvalue weighted by Crippen LogP contribution is -2.54. The molecule has 1 aliphatic heterocycles. The molecule has 10 heteroatoms. The summed E-state index contributed by atoms with van der Waals surface area (Å²) in [5.74, 6) is -2.06. The van der Waals surface area contributed by atoms with Gasteiger partial charge in [0.05, 0.1) is 11.1 Å². The minimum atomic E-state index is -0.837. The number of carbonyl (C=O) groups excluding carboxylic acids is 1. The van der Waals surface area contributed by atoms with E-state index < -0.39 is 23.2 Å². The number of aryl methyl sites for hydroxylation is 1. The lowest BCUT2D eigenvalue weighted by Gasteiger charge is -2.40. The van der Waals surface area contributed by atoms with E-state index >= 15 is 4.39 Å². The molecule has 8 nitrogen and oxygen atoms in total. The Balaban J connectivity index is 1.76. The second kappa shape index (κ2) is 11.1. The van der Waals surface area contributed by atoms with Gasteiger partial charge in [0, 0.05) is 25.7 Å². The molecule has 1 amide bonds. The Bertz CT molecular complexity index is 1720. The molecular weight excluding hydrogens is 528 g/mol. The summed E-state index contributed by atoms with van der Waals surface area (Å²) in [4.78, 5) is 38.6. The van der Waals surface area contributed by atoms with Crippen molar-refractivity contribution in [1.29, 1.82) is 0 Å². The van der Waals surface area contributed by atoms with Crippen LogP contribution in [0.1, 0.15) is 37.8 Å². The van der Waals surface area contributed by atoms with Gasteiger partial charge in [-0.1, -0.05) is 50.8 Å². The van der Waals surface area contributed by atoms with Gasteiger partial charge in [0.25, 0.3) is 5.88 Å². The molecule has 0 unspecified atom stereocenters. The summed E-state index contributed by atoms with van der Waals surface area (Å²) in [6.07, 6.45) is 1.27. The van der Waals surface area contributed by atoms with Gasteiger partial charge in [0.2, 0.25) is 5.91 Å². The van der Waals surface area contributed by atoms with Gasteiger partial charge >= 0.3 is 5.69 Å². The van der Waals surface area contributed by atoms with E-state index in [-0.39, 0.29) is 40.5 Å². The first-order valence-electron chi connectivity index (χ1n) is 13.4. The van der Waals surface area contributed by atoms with Crippen LogP contribution in [0.3, 0.4) is 0 Å². The van der Waals surface area contributed by atoms with Crippen molar-refractivity contribution in [1.82, 2.24) is 19.4 Å². The Kier molecular flexibility index (Phi) is 7.57. The maximum atomic E-state index is 15.6. The highest BCUT2D eigenvalue weighted by Crippen LogP contribution is 2.34. The van der Waals surface area contributed by atoms with Gasteiger partial charge in [0.15, 0.2) is 23.0 Å². The largest absolute Gasteiger partial charge is 0.433 e. The first-order valence-corrected chi connectivity index (χ1v) is 13.4. The molecular formula is C31H31F2N5O3. The minimum absolute atomic E-state index is 0.0524. The number of pyridine rings is 1. The summed E-state index contributed by atoms with van der Waals surface area (Å²) in [7, 11) is 0. The Morgan fingerprint density at radius 3 is 2.54 bits per heavy atom. The number of hydrogen-bond donors (Lipinski definition) is 0. The van der Waals surface area contributed by atoms with Crippen molar-refractivity contribution >= 4 is 22.8 Å². The predicted molar refractivity (Wildman–Crippen MR) is 154 cm³/mol. The van der Waals surface area contributed by atoms with Gasteiger partial charge in [-0.3, -0.25) is 4.79 Å². The molecule has 0 spiro atoms. The third-order valence-electron chi connectivity index (χ3n) is 7.31. The van der Waals surface area contributed by atoms with Gasteiger partial charge in [0.1, 0.15) is 5.82 Å². The van der Waals surface area contributed by atoms with Crippen molar-refractivity contribution in [3.05, 3.63) is 94.4 Å². The molecule has 0 bridgehead atoms. The van der Waals surface area contributed by atoms with E-state index in [1.165, 1.54) is 34.9 Å². The highest BCUT2D eigenvalue weighted by Gasteiger charge is 2.30. The number of benzene rings is 2. The Morgan fingerprint density at radius 2 is 1.85 bits per heavy atom. The van der Waals surface area contributed by atoms with Crippen LogP contribution in [-0.2, 0) is 4.79 Å². The third-order valence-corrected chi connectivity index (χ3v) is 7.31. The summed E-state index contributed by atoms with van der Waals surface area (Å²) < 4.78 is 37.0. The highest BCUT2D eigenvalue weighted by molar-refractivity contribution is 5.90. The van der Waals surface area contributed by atoms with Gasteiger partial charge in [-0.2, -0.15) is 9.97 Å². The third kappa shape index (κ3) is 5.17. The Morgan fingerprint density at radius 1 is 1.10 bits per heavy atom. The van der Waals surface area contributed by atoms with Crippen molar-refractivity contribution in [3.8, 4) is 17.3 Å². The average Bonchev–Trinajstić information content (AvgIpc) is 2.94. The number of para-hydroxylation sites is 2. The average molecular weight is 560 g/mol. The lowest BCUT2D eigenvalue weighted by atomic mass is 9.98. The first kappa shape index (κ1) is 27.9. The molecule has 2 aromatic carbocycles. The monoisotopic (exact) mass is 559 g/mol. The van der Waals surface area contributed by atoms with Gasteiger partial charge in [-0.25, -0.2) is 18.1 Å². The van der Waals surface area contributed by atoms with Crippen molar-refractivity contribution in [2.24, 2.45) is 0 Å². The molecule has 212 valence electrons. The molecule has 1 aliphatic rings. The van der Waals surface area contributed by atoms with E-state index in [0.717, 1.165) is 11.1 Å². The molecule has 1 atom stereocenters. The summed E-state index contributed by atoms with van der Waals surface area (Å²) in [6.45, 7) is 12.5. The molecule has 41 heavy (non-hydrogen) atoms. The number of nitrogens with zero attached hydrogens (tertiary/aromatic N) is 5. The molecule has 0 saturated carbocycles. The predicted octanol–water partition coefficient (Wildman–Crippen LogP) is 5.51. The second-order valence-corrected chi connectivity index (χ2v) is 10.4. The fraction of sp³-hybridized carbons (Fsp3) is 0.290. The highest BCUT2D eigenvalue weighted by atomic mass is 19.1. The number of halogens is 2. The van der Waals surface area contributed by atoms with Crippen LogP contribution >= 0.6 is 0 Å². The fourth-order valence-electron chi connectivity index (χ4n) is 5.27. The number of amides is 1.